The molecule has 7 heteroatoms. The summed E-state index contributed by atoms with van der Waals surface area (Å²) in [5.41, 5.74) is 0.392. The van der Waals surface area contributed by atoms with Gasteiger partial charge in [0.25, 0.3) is 11.8 Å². The van der Waals surface area contributed by atoms with E-state index in [1.54, 1.807) is 30.3 Å². The van der Waals surface area contributed by atoms with Crippen LogP contribution in [-0.4, -0.2) is 23.5 Å². The number of benzene rings is 2. The van der Waals surface area contributed by atoms with Crippen molar-refractivity contribution in [2.45, 2.75) is 0 Å². The second kappa shape index (κ2) is 7.81. The molecule has 1 fully saturated rings. The van der Waals surface area contributed by atoms with Gasteiger partial charge in [-0.25, -0.2) is 9.29 Å². The van der Waals surface area contributed by atoms with Gasteiger partial charge in [-0.1, -0.05) is 30.2 Å². The van der Waals surface area contributed by atoms with Crippen molar-refractivity contribution in [1.82, 2.24) is 5.32 Å². The first-order chi connectivity index (χ1) is 13.0. The normalized spacial score (nSPS) is 15.5. The molecule has 134 valence electrons. The van der Waals surface area contributed by atoms with E-state index in [4.69, 9.17) is 23.4 Å². The molecule has 0 aliphatic carbocycles. The first-order valence-electron chi connectivity index (χ1n) is 7.83. The fourth-order valence-electron chi connectivity index (χ4n) is 2.46. The number of hydrogen-bond acceptors (Lipinski definition) is 4. The van der Waals surface area contributed by atoms with E-state index in [-0.39, 0.29) is 23.0 Å². The molecule has 1 saturated heterocycles. The second-order valence-electron chi connectivity index (χ2n) is 5.47. The number of rotatable bonds is 4. The molecule has 0 bridgehead atoms. The van der Waals surface area contributed by atoms with Gasteiger partial charge in [-0.3, -0.25) is 14.9 Å². The third-order valence-electron chi connectivity index (χ3n) is 3.71. The van der Waals surface area contributed by atoms with Crippen LogP contribution in [0.25, 0.3) is 6.08 Å². The zero-order valence-corrected chi connectivity index (χ0v) is 14.8. The second-order valence-corrected chi connectivity index (χ2v) is 5.86. The summed E-state index contributed by atoms with van der Waals surface area (Å²) in [7, 11) is 0. The number of thiocarbonyl (C=S) groups is 1. The smallest absolute Gasteiger partial charge is 0.270 e. The van der Waals surface area contributed by atoms with Crippen LogP contribution in [0.2, 0.25) is 0 Å². The number of carbonyl (C=O) groups is 2. The number of nitrogens with zero attached hydrogens (tertiary/aromatic N) is 1. The quantitative estimate of drug-likeness (QED) is 0.384. The topological polar surface area (TPSA) is 58.6 Å². The Balaban J connectivity index is 1.92. The average Bonchev–Trinajstić information content (AvgIpc) is 2.66. The maximum absolute atomic E-state index is 14.1. The minimum Gasteiger partial charge on any atom is -0.481 e. The Morgan fingerprint density at radius 3 is 2.56 bits per heavy atom. The third kappa shape index (κ3) is 3.86. The molecule has 2 amide bonds. The van der Waals surface area contributed by atoms with Crippen molar-refractivity contribution in [3.05, 3.63) is 65.5 Å². The van der Waals surface area contributed by atoms with Crippen molar-refractivity contribution >= 4 is 40.9 Å². The Hall–Kier alpha value is -3.50. The molecule has 1 N–H and O–H groups in total. The molecule has 2 aromatic carbocycles. The van der Waals surface area contributed by atoms with Crippen LogP contribution in [0.15, 0.2) is 54.1 Å². The van der Waals surface area contributed by atoms with Crippen molar-refractivity contribution in [3.8, 4) is 18.1 Å². The highest BCUT2D eigenvalue weighted by Crippen LogP contribution is 2.24. The number of nitrogens with one attached hydrogen (secondary N) is 1. The van der Waals surface area contributed by atoms with E-state index >= 15 is 0 Å². The Bertz CT molecular complexity index is 993. The minimum atomic E-state index is -0.707. The average molecular weight is 380 g/mol. The van der Waals surface area contributed by atoms with E-state index in [9.17, 15) is 14.0 Å². The highest BCUT2D eigenvalue weighted by molar-refractivity contribution is 7.80. The molecule has 0 saturated carbocycles. The third-order valence-corrected chi connectivity index (χ3v) is 3.99. The SMILES string of the molecule is C#CCOc1ccc(C=C2C(=O)NC(=S)N(c3ccccc3F)C2=O)cc1. The first-order valence-corrected chi connectivity index (χ1v) is 8.24. The summed E-state index contributed by atoms with van der Waals surface area (Å²) in [4.78, 5) is 26.0. The molecule has 0 aromatic heterocycles. The predicted molar refractivity (Wildman–Crippen MR) is 103 cm³/mol. The zero-order valence-electron chi connectivity index (χ0n) is 13.9. The van der Waals surface area contributed by atoms with Crippen LogP contribution in [0.4, 0.5) is 10.1 Å². The lowest BCUT2D eigenvalue weighted by Gasteiger charge is -2.29. The maximum Gasteiger partial charge on any atom is 0.270 e. The zero-order chi connectivity index (χ0) is 19.4. The molecule has 0 radical (unpaired) electrons. The van der Waals surface area contributed by atoms with Gasteiger partial charge in [0.1, 0.15) is 23.7 Å². The standard InChI is InChI=1S/C20H13FN2O3S/c1-2-11-26-14-9-7-13(8-10-14)12-15-18(24)22-20(27)23(19(15)25)17-6-4-3-5-16(17)21/h1,3-10,12H,11H2,(H,22,24,27). The molecular weight excluding hydrogens is 367 g/mol. The van der Waals surface area contributed by atoms with Crippen LogP contribution in [0, 0.1) is 18.2 Å². The number of halogens is 1. The molecule has 0 unspecified atom stereocenters. The summed E-state index contributed by atoms with van der Waals surface area (Å²) in [5, 5.41) is 2.24. The van der Waals surface area contributed by atoms with E-state index in [0.717, 1.165) is 4.90 Å². The van der Waals surface area contributed by atoms with E-state index < -0.39 is 17.6 Å². The van der Waals surface area contributed by atoms with E-state index in [1.807, 2.05) is 0 Å². The lowest BCUT2D eigenvalue weighted by Crippen LogP contribution is -2.54. The lowest BCUT2D eigenvalue weighted by molar-refractivity contribution is -0.122. The van der Waals surface area contributed by atoms with Crippen LogP contribution in [0.5, 0.6) is 5.75 Å². The van der Waals surface area contributed by atoms with Gasteiger partial charge in [-0.15, -0.1) is 6.42 Å². The van der Waals surface area contributed by atoms with Gasteiger partial charge in [-0.2, -0.15) is 0 Å². The highest BCUT2D eigenvalue weighted by atomic mass is 32.1. The van der Waals surface area contributed by atoms with Gasteiger partial charge in [0.15, 0.2) is 5.11 Å². The monoisotopic (exact) mass is 380 g/mol. The molecular formula is C20H13FN2O3S. The fraction of sp³-hybridized carbons (Fsp3) is 0.0500. The Labute approximate surface area is 160 Å². The highest BCUT2D eigenvalue weighted by Gasteiger charge is 2.35. The molecule has 1 heterocycles. The van der Waals surface area contributed by atoms with Gasteiger partial charge < -0.3 is 4.74 Å². The summed E-state index contributed by atoms with van der Waals surface area (Å²) in [6.07, 6.45) is 6.54. The molecule has 2 aromatic rings. The Kier molecular flexibility index (Phi) is 5.29. The van der Waals surface area contributed by atoms with Crippen LogP contribution < -0.4 is 15.0 Å². The van der Waals surface area contributed by atoms with Gasteiger partial charge in [0.2, 0.25) is 0 Å². The van der Waals surface area contributed by atoms with Crippen LogP contribution in [0.3, 0.4) is 0 Å². The summed E-state index contributed by atoms with van der Waals surface area (Å²) < 4.78 is 19.4. The van der Waals surface area contributed by atoms with Gasteiger partial charge in [0, 0.05) is 0 Å². The van der Waals surface area contributed by atoms with Crippen molar-refractivity contribution in [1.29, 1.82) is 0 Å². The molecule has 1 aliphatic rings. The van der Waals surface area contributed by atoms with Gasteiger partial charge in [0.05, 0.1) is 5.69 Å². The summed E-state index contributed by atoms with van der Waals surface area (Å²) in [6.45, 7) is 0.135. The minimum absolute atomic E-state index is 0.0311. The summed E-state index contributed by atoms with van der Waals surface area (Å²) in [5.74, 6) is 0.935. The largest absolute Gasteiger partial charge is 0.481 e. The summed E-state index contributed by atoms with van der Waals surface area (Å²) in [6, 6.07) is 12.3. The van der Waals surface area contributed by atoms with Crippen LogP contribution in [0.1, 0.15) is 5.56 Å². The number of hydrogen-bond donors (Lipinski definition) is 1. The summed E-state index contributed by atoms with van der Waals surface area (Å²) >= 11 is 5.04. The molecule has 1 aliphatic heterocycles. The van der Waals surface area contributed by atoms with Crippen LogP contribution >= 0.6 is 12.2 Å². The number of para-hydroxylation sites is 1. The van der Waals surface area contributed by atoms with E-state index in [2.05, 4.69) is 11.2 Å². The Morgan fingerprint density at radius 1 is 1.19 bits per heavy atom. The number of terminal acetylenes is 1. The van der Waals surface area contributed by atoms with Crippen molar-refractivity contribution in [2.24, 2.45) is 0 Å². The molecule has 0 spiro atoms. The Morgan fingerprint density at radius 2 is 1.89 bits per heavy atom. The number of ether oxygens (including phenoxy) is 1. The van der Waals surface area contributed by atoms with E-state index in [0.29, 0.717) is 11.3 Å². The number of anilines is 1. The van der Waals surface area contributed by atoms with Crippen molar-refractivity contribution in [3.63, 3.8) is 0 Å². The molecule has 27 heavy (non-hydrogen) atoms. The fourth-order valence-corrected chi connectivity index (χ4v) is 2.74. The number of amides is 2. The van der Waals surface area contributed by atoms with E-state index in [1.165, 1.54) is 24.3 Å². The lowest BCUT2D eigenvalue weighted by atomic mass is 10.1. The molecule has 5 nitrogen and oxygen atoms in total. The van der Waals surface area contributed by atoms with Gasteiger partial charge in [-0.05, 0) is 48.1 Å². The number of carbonyl (C=O) groups excluding carboxylic acids is 2. The molecule has 0 atom stereocenters. The molecule has 3 rings (SSSR count). The maximum atomic E-state index is 14.1. The van der Waals surface area contributed by atoms with Crippen molar-refractivity contribution in [2.75, 3.05) is 11.5 Å². The van der Waals surface area contributed by atoms with Crippen molar-refractivity contribution < 1.29 is 18.7 Å². The first kappa shape index (κ1) is 18.3. The predicted octanol–water partition coefficient (Wildman–Crippen LogP) is 2.67. The van der Waals surface area contributed by atoms with Gasteiger partial charge >= 0.3 is 0 Å². The van der Waals surface area contributed by atoms with Crippen LogP contribution in [-0.2, 0) is 9.59 Å².